The number of hydrogen-bond acceptors (Lipinski definition) is 3. The van der Waals surface area contributed by atoms with Crippen molar-refractivity contribution in [1.82, 2.24) is 0 Å². The number of carbonyl (C=O) groups excluding carboxylic acids is 1. The van der Waals surface area contributed by atoms with E-state index in [2.05, 4.69) is 6.07 Å². The summed E-state index contributed by atoms with van der Waals surface area (Å²) in [7, 11) is 1.78. The Morgan fingerprint density at radius 2 is 2.31 bits per heavy atom. The highest BCUT2D eigenvalue weighted by atomic mass is 19.1. The summed E-state index contributed by atoms with van der Waals surface area (Å²) >= 11 is 0. The zero-order valence-corrected chi connectivity index (χ0v) is 9.27. The van der Waals surface area contributed by atoms with Crippen molar-refractivity contribution in [2.24, 2.45) is 0 Å². The zero-order valence-electron chi connectivity index (χ0n) is 9.27. The van der Waals surface area contributed by atoms with Crippen LogP contribution < -0.4 is 4.90 Å². The van der Waals surface area contributed by atoms with Crippen molar-refractivity contribution in [3.63, 3.8) is 0 Å². The van der Waals surface area contributed by atoms with Crippen LogP contribution in [0.2, 0.25) is 0 Å². The van der Waals surface area contributed by atoms with Gasteiger partial charge in [0.05, 0.1) is 12.5 Å². The van der Waals surface area contributed by atoms with E-state index in [1.54, 1.807) is 18.0 Å². The van der Waals surface area contributed by atoms with Crippen LogP contribution in [-0.2, 0) is 0 Å². The van der Waals surface area contributed by atoms with Gasteiger partial charge in [0, 0.05) is 24.3 Å². The maximum absolute atomic E-state index is 12.9. The van der Waals surface area contributed by atoms with E-state index >= 15 is 0 Å². The smallest absolute Gasteiger partial charge is 0.152 e. The van der Waals surface area contributed by atoms with Crippen LogP contribution in [0.1, 0.15) is 23.7 Å². The molecule has 0 heterocycles. The largest absolute Gasteiger partial charge is 0.370 e. The summed E-state index contributed by atoms with van der Waals surface area (Å²) < 4.78 is 12.9. The van der Waals surface area contributed by atoms with E-state index in [0.717, 1.165) is 0 Å². The molecule has 1 rings (SSSR count). The van der Waals surface area contributed by atoms with Crippen molar-refractivity contribution >= 4 is 12.0 Å². The van der Waals surface area contributed by atoms with Gasteiger partial charge in [-0.3, -0.25) is 4.79 Å². The number of anilines is 1. The average molecular weight is 220 g/mol. The fourth-order valence-corrected chi connectivity index (χ4v) is 1.45. The molecule has 16 heavy (non-hydrogen) atoms. The molecule has 84 valence electrons. The predicted octanol–water partition coefficient (Wildman–Crippen LogP) is 2.38. The third-order valence-electron chi connectivity index (χ3n) is 2.54. The zero-order chi connectivity index (χ0) is 12.1. The molecular weight excluding hydrogens is 207 g/mol. The normalized spacial score (nSPS) is 11.6. The molecule has 0 bridgehead atoms. The molecule has 0 spiro atoms. The number of nitriles is 1. The Morgan fingerprint density at radius 1 is 1.62 bits per heavy atom. The predicted molar refractivity (Wildman–Crippen MR) is 59.9 cm³/mol. The van der Waals surface area contributed by atoms with Crippen LogP contribution in [0.5, 0.6) is 0 Å². The number of rotatable bonds is 4. The van der Waals surface area contributed by atoms with Gasteiger partial charge in [-0.25, -0.2) is 4.39 Å². The summed E-state index contributed by atoms with van der Waals surface area (Å²) in [6.45, 7) is 1.88. The maximum atomic E-state index is 12.9. The summed E-state index contributed by atoms with van der Waals surface area (Å²) in [6.07, 6.45) is 0.972. The van der Waals surface area contributed by atoms with Gasteiger partial charge in [-0.15, -0.1) is 0 Å². The molecule has 0 aliphatic carbocycles. The second kappa shape index (κ2) is 5.26. The molecule has 0 N–H and O–H groups in total. The molecule has 0 fully saturated rings. The van der Waals surface area contributed by atoms with Crippen LogP contribution in [0.15, 0.2) is 18.2 Å². The lowest BCUT2D eigenvalue weighted by Gasteiger charge is -2.26. The minimum Gasteiger partial charge on any atom is -0.370 e. The van der Waals surface area contributed by atoms with Crippen molar-refractivity contribution in [1.29, 1.82) is 5.26 Å². The van der Waals surface area contributed by atoms with Gasteiger partial charge in [0.15, 0.2) is 6.29 Å². The molecule has 0 radical (unpaired) electrons. The first-order chi connectivity index (χ1) is 7.60. The van der Waals surface area contributed by atoms with E-state index in [4.69, 9.17) is 5.26 Å². The molecule has 0 amide bonds. The molecule has 1 atom stereocenters. The number of nitrogens with zero attached hydrogens (tertiary/aromatic N) is 2. The number of aldehydes is 1. The van der Waals surface area contributed by atoms with Crippen LogP contribution in [0.25, 0.3) is 0 Å². The second-order valence-corrected chi connectivity index (χ2v) is 3.64. The SMILES string of the molecule is CC(CC#N)N(C)c1ccc(F)cc1C=O. The molecule has 0 aliphatic rings. The number of carbonyl (C=O) groups is 1. The number of benzene rings is 1. The molecule has 0 aromatic heterocycles. The van der Waals surface area contributed by atoms with Crippen molar-refractivity contribution < 1.29 is 9.18 Å². The highest BCUT2D eigenvalue weighted by molar-refractivity contribution is 5.84. The number of halogens is 1. The van der Waals surface area contributed by atoms with Gasteiger partial charge in [-0.2, -0.15) is 5.26 Å². The fraction of sp³-hybridized carbons (Fsp3) is 0.333. The summed E-state index contributed by atoms with van der Waals surface area (Å²) in [6, 6.07) is 6.09. The Morgan fingerprint density at radius 3 is 2.88 bits per heavy atom. The summed E-state index contributed by atoms with van der Waals surface area (Å²) in [5, 5.41) is 8.60. The van der Waals surface area contributed by atoms with E-state index in [1.165, 1.54) is 12.1 Å². The van der Waals surface area contributed by atoms with Crippen molar-refractivity contribution in [2.45, 2.75) is 19.4 Å². The summed E-state index contributed by atoms with van der Waals surface area (Å²) in [5.74, 6) is -0.438. The van der Waals surface area contributed by atoms with Crippen LogP contribution >= 0.6 is 0 Å². The van der Waals surface area contributed by atoms with Crippen LogP contribution in [0, 0.1) is 17.1 Å². The number of hydrogen-bond donors (Lipinski definition) is 0. The van der Waals surface area contributed by atoms with Gasteiger partial charge in [-0.05, 0) is 25.1 Å². The monoisotopic (exact) mass is 220 g/mol. The first kappa shape index (κ1) is 12.2. The molecule has 1 unspecified atom stereocenters. The van der Waals surface area contributed by atoms with Gasteiger partial charge < -0.3 is 4.90 Å². The second-order valence-electron chi connectivity index (χ2n) is 3.64. The third-order valence-corrected chi connectivity index (χ3v) is 2.54. The molecule has 1 aromatic rings. The van der Waals surface area contributed by atoms with E-state index in [0.29, 0.717) is 24.0 Å². The van der Waals surface area contributed by atoms with E-state index in [-0.39, 0.29) is 6.04 Å². The highest BCUT2D eigenvalue weighted by Crippen LogP contribution is 2.21. The maximum Gasteiger partial charge on any atom is 0.152 e. The van der Waals surface area contributed by atoms with Crippen molar-refractivity contribution in [2.75, 3.05) is 11.9 Å². The molecule has 4 heteroatoms. The van der Waals surface area contributed by atoms with E-state index in [9.17, 15) is 9.18 Å². The Labute approximate surface area is 94.1 Å². The fourth-order valence-electron chi connectivity index (χ4n) is 1.45. The lowest BCUT2D eigenvalue weighted by Crippen LogP contribution is -2.29. The van der Waals surface area contributed by atoms with E-state index < -0.39 is 5.82 Å². The highest BCUT2D eigenvalue weighted by Gasteiger charge is 2.13. The van der Waals surface area contributed by atoms with Crippen LogP contribution in [-0.4, -0.2) is 19.4 Å². The van der Waals surface area contributed by atoms with Crippen LogP contribution in [0.4, 0.5) is 10.1 Å². The summed E-state index contributed by atoms with van der Waals surface area (Å²) in [4.78, 5) is 12.6. The van der Waals surface area contributed by atoms with Gasteiger partial charge in [0.1, 0.15) is 5.82 Å². The minimum atomic E-state index is -0.438. The standard InChI is InChI=1S/C12H13FN2O/c1-9(5-6-14)15(2)12-4-3-11(13)7-10(12)8-16/h3-4,7-9H,5H2,1-2H3. The van der Waals surface area contributed by atoms with Gasteiger partial charge in [0.2, 0.25) is 0 Å². The minimum absolute atomic E-state index is 0.0193. The Kier molecular flexibility index (Phi) is 4.01. The first-order valence-corrected chi connectivity index (χ1v) is 4.94. The topological polar surface area (TPSA) is 44.1 Å². The molecule has 0 saturated carbocycles. The molecule has 0 saturated heterocycles. The molecule has 0 aliphatic heterocycles. The quantitative estimate of drug-likeness (QED) is 0.732. The van der Waals surface area contributed by atoms with Crippen molar-refractivity contribution in [3.05, 3.63) is 29.6 Å². The lowest BCUT2D eigenvalue weighted by molar-refractivity contribution is 0.112. The summed E-state index contributed by atoms with van der Waals surface area (Å²) in [5.41, 5.74) is 0.937. The lowest BCUT2D eigenvalue weighted by atomic mass is 10.1. The first-order valence-electron chi connectivity index (χ1n) is 4.94. The van der Waals surface area contributed by atoms with Gasteiger partial charge in [0.25, 0.3) is 0 Å². The van der Waals surface area contributed by atoms with Gasteiger partial charge in [-0.1, -0.05) is 0 Å². The third kappa shape index (κ3) is 2.57. The Balaban J connectivity index is 3.03. The Bertz CT molecular complexity index is 426. The van der Waals surface area contributed by atoms with Crippen LogP contribution in [0.3, 0.4) is 0 Å². The average Bonchev–Trinajstić information content (AvgIpc) is 2.28. The Hall–Kier alpha value is -1.89. The van der Waals surface area contributed by atoms with Crippen molar-refractivity contribution in [3.8, 4) is 6.07 Å². The molecular formula is C12H13FN2O. The van der Waals surface area contributed by atoms with E-state index in [1.807, 2.05) is 6.92 Å². The molecule has 3 nitrogen and oxygen atoms in total. The molecule has 1 aromatic carbocycles. The van der Waals surface area contributed by atoms with Gasteiger partial charge >= 0.3 is 0 Å².